The van der Waals surface area contributed by atoms with Gasteiger partial charge in [-0.1, -0.05) is 0 Å². The Bertz CT molecular complexity index is 298. The topological polar surface area (TPSA) is 65.0 Å². The van der Waals surface area contributed by atoms with Crippen molar-refractivity contribution in [3.63, 3.8) is 0 Å². The van der Waals surface area contributed by atoms with E-state index in [4.69, 9.17) is 4.74 Å². The second kappa shape index (κ2) is 6.25. The Kier molecular flexibility index (Phi) is 4.95. The molecule has 5 heteroatoms. The van der Waals surface area contributed by atoms with Gasteiger partial charge in [0.2, 0.25) is 0 Å². The lowest BCUT2D eigenvalue weighted by atomic mass is 10.1. The number of nitrogens with zero attached hydrogens (tertiary/aromatic N) is 1. The molecule has 0 aromatic heterocycles. The summed E-state index contributed by atoms with van der Waals surface area (Å²) in [5.74, 6) is 0.430. The van der Waals surface area contributed by atoms with E-state index in [0.29, 0.717) is 18.7 Å². The number of unbranched alkanes of at least 4 members (excludes halogenated alkanes) is 1. The maximum Gasteiger partial charge on any atom is 0.334 e. The van der Waals surface area contributed by atoms with E-state index in [9.17, 15) is 9.59 Å². The fraction of sp³-hybridized carbons (Fsp3) is 0.727. The smallest absolute Gasteiger partial charge is 0.334 e. The Morgan fingerprint density at radius 1 is 1.50 bits per heavy atom. The Morgan fingerprint density at radius 2 is 2.25 bits per heavy atom. The normalized spacial score (nSPS) is 18.9. The summed E-state index contributed by atoms with van der Waals surface area (Å²) in [6, 6.07) is -0.507. The maximum atomic E-state index is 11.1. The number of Topliss-reactive ketones (excluding diaryl/α,β-unsaturated/α-hetero) is 1. The van der Waals surface area contributed by atoms with Gasteiger partial charge >= 0.3 is 5.97 Å². The van der Waals surface area contributed by atoms with Crippen molar-refractivity contribution in [2.45, 2.75) is 38.6 Å². The van der Waals surface area contributed by atoms with Gasteiger partial charge in [-0.25, -0.2) is 9.79 Å². The van der Waals surface area contributed by atoms with Crippen LogP contribution >= 0.6 is 0 Å². The summed E-state index contributed by atoms with van der Waals surface area (Å²) in [7, 11) is 1.34. The average Bonchev–Trinajstić information content (AvgIpc) is 2.71. The van der Waals surface area contributed by atoms with Gasteiger partial charge in [0.05, 0.1) is 7.11 Å². The summed E-state index contributed by atoms with van der Waals surface area (Å²) in [4.78, 5) is 25.9. The molecule has 1 aliphatic rings. The number of hydrogen-bond acceptors (Lipinski definition) is 5. The highest BCUT2D eigenvalue weighted by Gasteiger charge is 2.25. The molecule has 90 valence electrons. The molecule has 0 radical (unpaired) electrons. The summed E-state index contributed by atoms with van der Waals surface area (Å²) in [5.41, 5.74) is 0. The van der Waals surface area contributed by atoms with Crippen LogP contribution < -0.4 is 0 Å². The molecule has 0 aliphatic carbocycles. The molecular weight excluding hydrogens is 210 g/mol. The highest BCUT2D eigenvalue weighted by Crippen LogP contribution is 2.11. The first kappa shape index (κ1) is 12.7. The third-order valence-corrected chi connectivity index (χ3v) is 2.35. The lowest BCUT2D eigenvalue weighted by molar-refractivity contribution is -0.142. The Morgan fingerprint density at radius 3 is 2.88 bits per heavy atom. The molecule has 16 heavy (non-hydrogen) atoms. The number of aliphatic imine (C=N–C) groups is 1. The van der Waals surface area contributed by atoms with Gasteiger partial charge in [-0.15, -0.1) is 0 Å². The van der Waals surface area contributed by atoms with Crippen LogP contribution in [0.2, 0.25) is 0 Å². The van der Waals surface area contributed by atoms with E-state index in [0.717, 1.165) is 12.8 Å². The van der Waals surface area contributed by atoms with Crippen LogP contribution in [0.25, 0.3) is 0 Å². The van der Waals surface area contributed by atoms with Crippen molar-refractivity contribution in [1.29, 1.82) is 0 Å². The number of methoxy groups -OCH3 is 1. The lowest BCUT2D eigenvalue weighted by Gasteiger charge is -2.00. The molecule has 0 amide bonds. The second-order valence-electron chi connectivity index (χ2n) is 3.78. The molecule has 1 aliphatic heterocycles. The molecule has 0 aromatic rings. The van der Waals surface area contributed by atoms with Crippen molar-refractivity contribution in [2.24, 2.45) is 4.99 Å². The number of ether oxygens (including phenoxy) is 2. The SMILES string of the molecule is COC(=O)C1COC(CCCCC(C)=O)=N1. The van der Waals surface area contributed by atoms with Crippen LogP contribution in [0.5, 0.6) is 0 Å². The summed E-state index contributed by atoms with van der Waals surface area (Å²) < 4.78 is 9.83. The van der Waals surface area contributed by atoms with Crippen molar-refractivity contribution < 1.29 is 19.1 Å². The second-order valence-corrected chi connectivity index (χ2v) is 3.78. The highest BCUT2D eigenvalue weighted by molar-refractivity contribution is 5.85. The van der Waals surface area contributed by atoms with Crippen LogP contribution in [-0.2, 0) is 19.1 Å². The molecule has 1 atom stereocenters. The number of hydrogen-bond donors (Lipinski definition) is 0. The molecular formula is C11H17NO4. The molecule has 0 N–H and O–H groups in total. The van der Waals surface area contributed by atoms with E-state index in [1.807, 2.05) is 0 Å². The van der Waals surface area contributed by atoms with Crippen LogP contribution in [0.15, 0.2) is 4.99 Å². The van der Waals surface area contributed by atoms with Crippen LogP contribution in [0, 0.1) is 0 Å². The summed E-state index contributed by atoms with van der Waals surface area (Å²) >= 11 is 0. The summed E-state index contributed by atoms with van der Waals surface area (Å²) in [6.07, 6.45) is 2.96. The van der Waals surface area contributed by atoms with Crippen molar-refractivity contribution in [1.82, 2.24) is 0 Å². The minimum absolute atomic E-state index is 0.196. The van der Waals surface area contributed by atoms with Crippen molar-refractivity contribution in [2.75, 3.05) is 13.7 Å². The summed E-state index contributed by atoms with van der Waals surface area (Å²) in [5, 5.41) is 0. The van der Waals surface area contributed by atoms with Crippen LogP contribution in [0.1, 0.15) is 32.6 Å². The van der Waals surface area contributed by atoms with Gasteiger partial charge < -0.3 is 14.3 Å². The van der Waals surface area contributed by atoms with Gasteiger partial charge in [0.25, 0.3) is 0 Å². The maximum absolute atomic E-state index is 11.1. The van der Waals surface area contributed by atoms with Crippen molar-refractivity contribution >= 4 is 17.7 Å². The number of esters is 1. The number of ketones is 1. The van der Waals surface area contributed by atoms with Gasteiger partial charge in [-0.05, 0) is 19.8 Å². The van der Waals surface area contributed by atoms with E-state index < -0.39 is 6.04 Å². The van der Waals surface area contributed by atoms with Gasteiger partial charge in [-0.3, -0.25) is 0 Å². The molecule has 5 nitrogen and oxygen atoms in total. The molecule has 1 rings (SSSR count). The first-order valence-corrected chi connectivity index (χ1v) is 5.40. The lowest BCUT2D eigenvalue weighted by Crippen LogP contribution is -2.21. The number of rotatable bonds is 6. The Balaban J connectivity index is 2.23. The zero-order valence-electron chi connectivity index (χ0n) is 9.69. The van der Waals surface area contributed by atoms with Gasteiger partial charge in [-0.2, -0.15) is 0 Å². The van der Waals surface area contributed by atoms with Crippen molar-refractivity contribution in [3.05, 3.63) is 0 Å². The third kappa shape index (κ3) is 4.00. The van der Waals surface area contributed by atoms with E-state index in [-0.39, 0.29) is 18.4 Å². The monoisotopic (exact) mass is 227 g/mol. The third-order valence-electron chi connectivity index (χ3n) is 2.35. The fourth-order valence-corrected chi connectivity index (χ4v) is 1.47. The van der Waals surface area contributed by atoms with E-state index in [1.165, 1.54) is 7.11 Å². The molecule has 0 bridgehead atoms. The number of carbonyl (C=O) groups excluding carboxylic acids is 2. The standard InChI is InChI=1S/C11H17NO4/c1-8(13)5-3-4-6-10-12-9(7-16-10)11(14)15-2/h9H,3-7H2,1-2H3. The van der Waals surface area contributed by atoms with Crippen LogP contribution in [0.3, 0.4) is 0 Å². The van der Waals surface area contributed by atoms with Crippen molar-refractivity contribution in [3.8, 4) is 0 Å². The average molecular weight is 227 g/mol. The zero-order valence-corrected chi connectivity index (χ0v) is 9.69. The fourth-order valence-electron chi connectivity index (χ4n) is 1.47. The largest absolute Gasteiger partial charge is 0.478 e. The molecule has 1 heterocycles. The van der Waals surface area contributed by atoms with E-state index in [1.54, 1.807) is 6.92 Å². The first-order chi connectivity index (χ1) is 7.63. The molecule has 0 fully saturated rings. The Labute approximate surface area is 94.8 Å². The van der Waals surface area contributed by atoms with Gasteiger partial charge in [0, 0.05) is 12.8 Å². The minimum atomic E-state index is -0.507. The minimum Gasteiger partial charge on any atom is -0.478 e. The zero-order chi connectivity index (χ0) is 12.0. The molecule has 0 saturated heterocycles. The predicted molar refractivity (Wildman–Crippen MR) is 58.3 cm³/mol. The van der Waals surface area contributed by atoms with Gasteiger partial charge in [0.1, 0.15) is 12.4 Å². The molecule has 1 unspecified atom stereocenters. The van der Waals surface area contributed by atoms with Crippen LogP contribution in [-0.4, -0.2) is 37.4 Å². The number of carbonyl (C=O) groups is 2. The molecule has 0 spiro atoms. The molecule has 0 saturated carbocycles. The van der Waals surface area contributed by atoms with E-state index >= 15 is 0 Å². The van der Waals surface area contributed by atoms with E-state index in [2.05, 4.69) is 9.73 Å². The highest BCUT2D eigenvalue weighted by atomic mass is 16.5. The first-order valence-electron chi connectivity index (χ1n) is 5.40. The van der Waals surface area contributed by atoms with Crippen LogP contribution in [0.4, 0.5) is 0 Å². The van der Waals surface area contributed by atoms with Gasteiger partial charge in [0.15, 0.2) is 11.9 Å². The molecule has 0 aromatic carbocycles. The quantitative estimate of drug-likeness (QED) is 0.503. The summed E-state index contributed by atoms with van der Waals surface area (Å²) in [6.45, 7) is 1.85. The predicted octanol–water partition coefficient (Wildman–Crippen LogP) is 1.11. The Hall–Kier alpha value is -1.39.